The van der Waals surface area contributed by atoms with Crippen molar-refractivity contribution in [1.29, 1.82) is 5.26 Å². The number of nitrogens with zero attached hydrogens (tertiary/aromatic N) is 5. The highest BCUT2D eigenvalue weighted by Crippen LogP contribution is 2.29. The number of amides is 1. The number of nitriles is 1. The van der Waals surface area contributed by atoms with Crippen molar-refractivity contribution in [3.05, 3.63) is 57.7 Å². The summed E-state index contributed by atoms with van der Waals surface area (Å²) in [6, 6.07) is 3.88. The van der Waals surface area contributed by atoms with Crippen LogP contribution < -0.4 is 11.3 Å². The lowest BCUT2D eigenvalue weighted by atomic mass is 9.89. The molecule has 0 bridgehead atoms. The van der Waals surface area contributed by atoms with Gasteiger partial charge in [0.05, 0.1) is 11.8 Å². The molecule has 1 saturated heterocycles. The van der Waals surface area contributed by atoms with Crippen LogP contribution in [-0.2, 0) is 11.2 Å². The summed E-state index contributed by atoms with van der Waals surface area (Å²) in [7, 11) is 0. The molecule has 4 heterocycles. The van der Waals surface area contributed by atoms with Crippen LogP contribution in [0.3, 0.4) is 0 Å². The SMILES string of the molecule is Cc1ncc2c(=O)[nH]c(CCCC(=O)N3CCC(c4cnc(N)c(C#N)c4)CC3)cn12. The number of pyridine rings is 1. The molecule has 0 atom stereocenters. The van der Waals surface area contributed by atoms with Gasteiger partial charge in [-0.25, -0.2) is 9.97 Å². The van der Waals surface area contributed by atoms with E-state index in [0.717, 1.165) is 29.9 Å². The van der Waals surface area contributed by atoms with Gasteiger partial charge in [0.2, 0.25) is 5.91 Å². The first-order valence-electron chi connectivity index (χ1n) is 10.5. The number of carbonyl (C=O) groups excluding carboxylic acids is 1. The van der Waals surface area contributed by atoms with Gasteiger partial charge in [0.25, 0.3) is 5.56 Å². The number of aryl methyl sites for hydroxylation is 2. The van der Waals surface area contributed by atoms with Gasteiger partial charge in [-0.1, -0.05) is 0 Å². The van der Waals surface area contributed by atoms with Crippen molar-refractivity contribution in [3.8, 4) is 6.07 Å². The van der Waals surface area contributed by atoms with Gasteiger partial charge in [-0.15, -0.1) is 0 Å². The summed E-state index contributed by atoms with van der Waals surface area (Å²) < 4.78 is 1.78. The fourth-order valence-corrected chi connectivity index (χ4v) is 4.16. The minimum atomic E-state index is -0.164. The second-order valence-electron chi connectivity index (χ2n) is 7.99. The number of anilines is 1. The molecule has 0 spiro atoms. The molecule has 3 aromatic rings. The van der Waals surface area contributed by atoms with E-state index in [2.05, 4.69) is 21.0 Å². The van der Waals surface area contributed by atoms with Crippen LogP contribution in [0.2, 0.25) is 0 Å². The van der Waals surface area contributed by atoms with E-state index < -0.39 is 0 Å². The van der Waals surface area contributed by atoms with Gasteiger partial charge >= 0.3 is 0 Å². The van der Waals surface area contributed by atoms with E-state index in [1.807, 2.05) is 24.1 Å². The van der Waals surface area contributed by atoms with Crippen LogP contribution in [0.25, 0.3) is 5.52 Å². The summed E-state index contributed by atoms with van der Waals surface area (Å²) in [6.45, 7) is 3.23. The van der Waals surface area contributed by atoms with Crippen molar-refractivity contribution in [2.45, 2.75) is 44.9 Å². The Labute approximate surface area is 179 Å². The molecule has 0 saturated carbocycles. The number of nitrogens with two attached hydrogens (primary N) is 1. The van der Waals surface area contributed by atoms with Crippen molar-refractivity contribution < 1.29 is 4.79 Å². The van der Waals surface area contributed by atoms with E-state index in [9.17, 15) is 9.59 Å². The highest BCUT2D eigenvalue weighted by molar-refractivity contribution is 5.76. The number of likely N-dealkylation sites (tertiary alicyclic amines) is 1. The van der Waals surface area contributed by atoms with E-state index in [-0.39, 0.29) is 23.2 Å². The minimum Gasteiger partial charge on any atom is -0.383 e. The lowest BCUT2D eigenvalue weighted by Crippen LogP contribution is -2.37. The van der Waals surface area contributed by atoms with Crippen molar-refractivity contribution in [1.82, 2.24) is 24.3 Å². The van der Waals surface area contributed by atoms with Gasteiger partial charge in [-0.2, -0.15) is 5.26 Å². The largest absolute Gasteiger partial charge is 0.383 e. The Balaban J connectivity index is 1.29. The van der Waals surface area contributed by atoms with E-state index in [4.69, 9.17) is 11.0 Å². The molecule has 3 aromatic heterocycles. The van der Waals surface area contributed by atoms with Gasteiger partial charge in [0.15, 0.2) is 0 Å². The van der Waals surface area contributed by atoms with Crippen LogP contribution in [0.1, 0.15) is 54.2 Å². The van der Waals surface area contributed by atoms with Gasteiger partial charge in [0, 0.05) is 37.6 Å². The molecule has 160 valence electrons. The smallest absolute Gasteiger partial charge is 0.274 e. The Kier molecular flexibility index (Phi) is 5.71. The number of hydrogen-bond acceptors (Lipinski definition) is 6. The normalized spacial score (nSPS) is 14.6. The molecule has 9 nitrogen and oxygen atoms in total. The summed E-state index contributed by atoms with van der Waals surface area (Å²) in [6.07, 6.45) is 8.59. The topological polar surface area (TPSA) is 133 Å². The van der Waals surface area contributed by atoms with Gasteiger partial charge in [-0.3, -0.25) is 14.0 Å². The van der Waals surface area contributed by atoms with Crippen molar-refractivity contribution >= 4 is 17.2 Å². The maximum atomic E-state index is 12.6. The highest BCUT2D eigenvalue weighted by Gasteiger charge is 2.24. The monoisotopic (exact) mass is 419 g/mol. The zero-order valence-electron chi connectivity index (χ0n) is 17.5. The molecular weight excluding hydrogens is 394 g/mol. The van der Waals surface area contributed by atoms with E-state index in [1.54, 1.807) is 16.8 Å². The third kappa shape index (κ3) is 4.28. The maximum Gasteiger partial charge on any atom is 0.274 e. The first-order valence-corrected chi connectivity index (χ1v) is 10.5. The number of nitrogens with one attached hydrogen (secondary N) is 1. The second-order valence-corrected chi connectivity index (χ2v) is 7.99. The molecule has 4 rings (SSSR count). The summed E-state index contributed by atoms with van der Waals surface area (Å²) in [4.78, 5) is 37.8. The summed E-state index contributed by atoms with van der Waals surface area (Å²) in [5.41, 5.74) is 8.28. The molecule has 1 fully saturated rings. The standard InChI is InChI=1S/C22H25N7O2/c1-14-25-12-19-22(31)27-18(13-29(14)19)3-2-4-20(30)28-7-5-15(6-8-28)17-9-16(10-23)21(24)26-11-17/h9,11-13,15H,2-8H2,1H3,(H2,24,26)(H,27,31). The molecule has 3 N–H and O–H groups in total. The fourth-order valence-electron chi connectivity index (χ4n) is 4.16. The van der Waals surface area contributed by atoms with Crippen molar-refractivity contribution in [2.24, 2.45) is 0 Å². The Bertz CT molecular complexity index is 1210. The molecule has 1 aliphatic heterocycles. The van der Waals surface area contributed by atoms with Crippen LogP contribution in [-0.4, -0.2) is 43.2 Å². The lowest BCUT2D eigenvalue weighted by molar-refractivity contribution is -0.132. The quantitative estimate of drug-likeness (QED) is 0.649. The second kappa shape index (κ2) is 8.60. The zero-order valence-corrected chi connectivity index (χ0v) is 17.5. The van der Waals surface area contributed by atoms with Gasteiger partial charge < -0.3 is 15.6 Å². The third-order valence-corrected chi connectivity index (χ3v) is 5.99. The predicted octanol–water partition coefficient (Wildman–Crippen LogP) is 1.91. The van der Waals surface area contributed by atoms with Crippen molar-refractivity contribution in [3.63, 3.8) is 0 Å². The van der Waals surface area contributed by atoms with Crippen LogP contribution in [0, 0.1) is 18.3 Å². The number of nitrogen functional groups attached to an aromatic ring is 1. The predicted molar refractivity (Wildman–Crippen MR) is 115 cm³/mol. The number of aromatic nitrogens is 4. The first-order chi connectivity index (χ1) is 15.0. The number of hydrogen-bond donors (Lipinski definition) is 2. The number of rotatable bonds is 5. The number of imidazole rings is 1. The number of piperidine rings is 1. The van der Waals surface area contributed by atoms with E-state index in [0.29, 0.717) is 43.4 Å². The summed E-state index contributed by atoms with van der Waals surface area (Å²) >= 11 is 0. The van der Waals surface area contributed by atoms with E-state index >= 15 is 0 Å². The number of fused-ring (bicyclic) bond motifs is 1. The number of H-pyrrole nitrogens is 1. The summed E-state index contributed by atoms with van der Waals surface area (Å²) in [5.74, 6) is 1.43. The van der Waals surface area contributed by atoms with Gasteiger partial charge in [-0.05, 0) is 50.2 Å². The molecule has 1 aliphatic rings. The average Bonchev–Trinajstić information content (AvgIpc) is 3.15. The number of aromatic amines is 1. The molecule has 9 heteroatoms. The van der Waals surface area contributed by atoms with Crippen LogP contribution >= 0.6 is 0 Å². The molecule has 31 heavy (non-hydrogen) atoms. The molecule has 0 unspecified atom stereocenters. The Hall–Kier alpha value is -3.67. The average molecular weight is 419 g/mol. The minimum absolute atomic E-state index is 0.133. The first kappa shape index (κ1) is 20.6. The molecular formula is C22H25N7O2. The highest BCUT2D eigenvalue weighted by atomic mass is 16.2. The molecule has 1 amide bonds. The number of carbonyl (C=O) groups is 1. The van der Waals surface area contributed by atoms with E-state index in [1.165, 1.54) is 0 Å². The van der Waals surface area contributed by atoms with Crippen LogP contribution in [0.15, 0.2) is 29.5 Å². The Morgan fingerprint density at radius 3 is 2.84 bits per heavy atom. The van der Waals surface area contributed by atoms with Crippen molar-refractivity contribution in [2.75, 3.05) is 18.8 Å². The zero-order chi connectivity index (χ0) is 22.0. The third-order valence-electron chi connectivity index (χ3n) is 5.99. The molecule has 0 aromatic carbocycles. The molecule has 0 radical (unpaired) electrons. The van der Waals surface area contributed by atoms with Crippen LogP contribution in [0.4, 0.5) is 5.82 Å². The maximum absolute atomic E-state index is 12.6. The van der Waals surface area contributed by atoms with Gasteiger partial charge in [0.1, 0.15) is 23.2 Å². The Morgan fingerprint density at radius 2 is 2.10 bits per heavy atom. The Morgan fingerprint density at radius 1 is 1.32 bits per heavy atom. The summed E-state index contributed by atoms with van der Waals surface area (Å²) in [5, 5.41) is 9.14. The van der Waals surface area contributed by atoms with Crippen LogP contribution in [0.5, 0.6) is 0 Å². The fraction of sp³-hybridized carbons (Fsp3) is 0.409. The lowest BCUT2D eigenvalue weighted by Gasteiger charge is -2.32. The molecule has 0 aliphatic carbocycles.